The average Bonchev–Trinajstić information content (AvgIpc) is 3.59. The van der Waals surface area contributed by atoms with Crippen LogP contribution in [0.15, 0.2) is 35.9 Å². The Hall–Kier alpha value is -1.75. The van der Waals surface area contributed by atoms with Crippen LogP contribution in [0, 0.1) is 11.8 Å². The van der Waals surface area contributed by atoms with E-state index in [0.717, 1.165) is 17.6 Å². The number of methoxy groups -OCH3 is 2. The number of hydrogen-bond donors (Lipinski definition) is 4. The highest BCUT2D eigenvalue weighted by molar-refractivity contribution is 7.81. The van der Waals surface area contributed by atoms with E-state index in [4.69, 9.17) is 43.3 Å². The Morgan fingerprint density at radius 3 is 2.72 bits per heavy atom. The zero-order valence-corrected chi connectivity index (χ0v) is 25.6. The number of nitrogens with one attached hydrogen (secondary N) is 2. The highest BCUT2D eigenvalue weighted by Gasteiger charge is 2.60. The van der Waals surface area contributed by atoms with Crippen LogP contribution >= 0.6 is 24.2 Å². The maximum Gasteiger partial charge on any atom is 0.222 e. The van der Waals surface area contributed by atoms with Crippen molar-refractivity contribution in [1.82, 2.24) is 5.32 Å². The van der Waals surface area contributed by atoms with Gasteiger partial charge in [-0.1, -0.05) is 49.2 Å². The summed E-state index contributed by atoms with van der Waals surface area (Å²) in [6, 6.07) is 3.79. The maximum atomic E-state index is 12.7. The smallest absolute Gasteiger partial charge is 0.222 e. The summed E-state index contributed by atoms with van der Waals surface area (Å²) in [7, 11) is 4.61. The van der Waals surface area contributed by atoms with E-state index in [-0.39, 0.29) is 34.7 Å². The molecule has 8 nitrogen and oxygen atoms in total. The van der Waals surface area contributed by atoms with E-state index in [0.29, 0.717) is 35.7 Å². The Morgan fingerprint density at radius 2 is 2.10 bits per heavy atom. The fourth-order valence-electron chi connectivity index (χ4n) is 5.63. The zero-order valence-electron chi connectivity index (χ0n) is 23.9. The minimum atomic E-state index is -1.53. The molecule has 39 heavy (non-hydrogen) atoms. The average molecular weight is 583 g/mol. The van der Waals surface area contributed by atoms with Crippen molar-refractivity contribution in [1.29, 1.82) is 0 Å². The molecule has 7 atom stereocenters. The molecule has 10 heteroatoms. The fourth-order valence-corrected chi connectivity index (χ4v) is 6.06. The molecule has 1 amide bonds. The van der Waals surface area contributed by atoms with Crippen molar-refractivity contribution in [3.63, 3.8) is 0 Å². The van der Waals surface area contributed by atoms with E-state index >= 15 is 0 Å². The van der Waals surface area contributed by atoms with Crippen molar-refractivity contribution < 1.29 is 28.9 Å². The van der Waals surface area contributed by atoms with Gasteiger partial charge < -0.3 is 24.6 Å². The number of benzene rings is 1. The molecule has 2 saturated heterocycles. The van der Waals surface area contributed by atoms with Gasteiger partial charge in [-0.3, -0.25) is 15.1 Å². The van der Waals surface area contributed by atoms with Crippen LogP contribution < -0.4 is 15.5 Å². The molecule has 0 aromatic heterocycles. The number of epoxide rings is 1. The first-order valence-electron chi connectivity index (χ1n) is 13.3. The first-order valence-corrected chi connectivity index (χ1v) is 14.2. The summed E-state index contributed by atoms with van der Waals surface area (Å²) >= 11 is 11.0. The largest absolute Gasteiger partial charge is 0.495 e. The summed E-state index contributed by atoms with van der Waals surface area (Å²) in [4.78, 5) is 17.7. The molecule has 2 aliphatic heterocycles. The normalized spacial score (nSPS) is 29.6. The highest BCUT2D eigenvalue weighted by Crippen LogP contribution is 2.50. The molecule has 2 heterocycles. The Bertz CT molecular complexity index is 1080. The van der Waals surface area contributed by atoms with Gasteiger partial charge in [-0.25, -0.2) is 0 Å². The summed E-state index contributed by atoms with van der Waals surface area (Å²) in [5.41, 5.74) is 3.60. The van der Waals surface area contributed by atoms with Gasteiger partial charge in [0.25, 0.3) is 0 Å². The van der Waals surface area contributed by atoms with Gasteiger partial charge in [-0.15, -0.1) is 0 Å². The number of ether oxygens (including phenoxy) is 3. The van der Waals surface area contributed by atoms with Crippen LogP contribution in [0.5, 0.6) is 5.75 Å². The van der Waals surface area contributed by atoms with Gasteiger partial charge in [0.1, 0.15) is 22.5 Å². The lowest BCUT2D eigenvalue weighted by Crippen LogP contribution is -2.61. The third-order valence-electron chi connectivity index (χ3n) is 7.94. The second kappa shape index (κ2) is 13.3. The molecule has 2 aliphatic rings. The Balaban J connectivity index is 1.70. The number of rotatable bonds is 13. The van der Waals surface area contributed by atoms with Gasteiger partial charge in [-0.05, 0) is 56.2 Å². The second-order valence-electron chi connectivity index (χ2n) is 10.8. The molecule has 0 saturated carbocycles. The molecule has 3 rings (SSSR count). The van der Waals surface area contributed by atoms with Crippen LogP contribution in [0.1, 0.15) is 52.5 Å². The summed E-state index contributed by atoms with van der Waals surface area (Å²) in [6.07, 6.45) is 7.09. The molecule has 218 valence electrons. The van der Waals surface area contributed by atoms with Crippen LogP contribution in [-0.4, -0.2) is 61.1 Å². The topological polar surface area (TPSA) is 102 Å². The van der Waals surface area contributed by atoms with Crippen molar-refractivity contribution in [2.45, 2.75) is 82.2 Å². The SMILES string of the molecule is CCC(S)C1(C)OC1C(C)C1CC(=O)NC(O)(C(/C=C/C=C(\C)Cc2cc(NOC)c(Cl)c(OC)c2)OC)C1. The molecule has 3 N–H and O–H groups in total. The molecule has 0 aliphatic carbocycles. The molecule has 2 fully saturated rings. The zero-order chi connectivity index (χ0) is 29.0. The maximum absolute atomic E-state index is 12.7. The van der Waals surface area contributed by atoms with Crippen LogP contribution in [0.25, 0.3) is 0 Å². The molecule has 0 spiro atoms. The minimum absolute atomic E-state index is 0.00770. The highest BCUT2D eigenvalue weighted by atomic mass is 35.5. The predicted octanol–water partition coefficient (Wildman–Crippen LogP) is 5.10. The number of carbonyl (C=O) groups excluding carboxylic acids is 1. The number of carbonyl (C=O) groups is 1. The number of aliphatic hydroxyl groups is 1. The number of anilines is 1. The van der Waals surface area contributed by atoms with Crippen molar-refractivity contribution in [2.75, 3.05) is 26.8 Å². The van der Waals surface area contributed by atoms with Crippen molar-refractivity contribution >= 4 is 35.8 Å². The Kier molecular flexibility index (Phi) is 10.8. The summed E-state index contributed by atoms with van der Waals surface area (Å²) in [5.74, 6) is 0.393. The fraction of sp³-hybridized carbons (Fsp3) is 0.621. The first kappa shape index (κ1) is 31.8. The van der Waals surface area contributed by atoms with E-state index in [2.05, 4.69) is 31.6 Å². The number of hydrogen-bond acceptors (Lipinski definition) is 8. The number of halogens is 1. The standard InChI is InChI=1S/C29H43ClN2O6S/c1-8-24(39)28(4)27(38-28)18(3)20-15-25(33)31-29(34,16-20)23(36-6)11-9-10-17(2)12-19-13-21(32-37-7)26(30)22(14-19)35-5/h9-11,13-14,18,20,23-24,27,32,34,39H,8,12,15-16H2,1-7H3,(H,31,33)/b11-9+,17-10+. The second-order valence-corrected chi connectivity index (χ2v) is 11.8. The number of allylic oxidation sites excluding steroid dienone is 3. The summed E-state index contributed by atoms with van der Waals surface area (Å²) in [5, 5.41) is 14.9. The van der Waals surface area contributed by atoms with Crippen LogP contribution in [-0.2, 0) is 25.5 Å². The molecule has 7 unspecified atom stereocenters. The van der Waals surface area contributed by atoms with E-state index < -0.39 is 11.8 Å². The Labute approximate surface area is 242 Å². The lowest BCUT2D eigenvalue weighted by Gasteiger charge is -2.42. The van der Waals surface area contributed by atoms with Crippen molar-refractivity contribution in [3.05, 3.63) is 46.5 Å². The van der Waals surface area contributed by atoms with Crippen LogP contribution in [0.4, 0.5) is 5.69 Å². The molecule has 0 bridgehead atoms. The monoisotopic (exact) mass is 582 g/mol. The van der Waals surface area contributed by atoms with Crippen LogP contribution in [0.3, 0.4) is 0 Å². The van der Waals surface area contributed by atoms with E-state index in [1.807, 2.05) is 31.2 Å². The molecule has 1 aromatic rings. The number of amides is 1. The van der Waals surface area contributed by atoms with Crippen molar-refractivity contribution in [3.8, 4) is 5.75 Å². The van der Waals surface area contributed by atoms with Gasteiger partial charge in [-0.2, -0.15) is 12.6 Å². The lowest BCUT2D eigenvalue weighted by molar-refractivity contribution is -0.155. The molecule has 1 aromatic carbocycles. The van der Waals surface area contributed by atoms with Gasteiger partial charge in [0, 0.05) is 25.2 Å². The van der Waals surface area contributed by atoms with Gasteiger partial charge in [0.2, 0.25) is 5.91 Å². The third kappa shape index (κ3) is 7.31. The van der Waals surface area contributed by atoms with Crippen molar-refractivity contribution in [2.24, 2.45) is 11.8 Å². The molecule has 0 radical (unpaired) electrons. The molecular weight excluding hydrogens is 540 g/mol. The van der Waals surface area contributed by atoms with Gasteiger partial charge in [0.15, 0.2) is 5.72 Å². The van der Waals surface area contributed by atoms with E-state index in [9.17, 15) is 9.90 Å². The van der Waals surface area contributed by atoms with Gasteiger partial charge >= 0.3 is 0 Å². The molecular formula is C29H43ClN2O6S. The quantitative estimate of drug-likeness (QED) is 0.111. The Morgan fingerprint density at radius 1 is 1.38 bits per heavy atom. The summed E-state index contributed by atoms with van der Waals surface area (Å²) in [6.45, 7) is 8.27. The predicted molar refractivity (Wildman–Crippen MR) is 157 cm³/mol. The van der Waals surface area contributed by atoms with E-state index in [1.165, 1.54) is 14.2 Å². The van der Waals surface area contributed by atoms with E-state index in [1.54, 1.807) is 13.2 Å². The van der Waals surface area contributed by atoms with Gasteiger partial charge in [0.05, 0.1) is 26.0 Å². The number of thiol groups is 1. The minimum Gasteiger partial charge on any atom is -0.495 e. The number of piperidine rings is 1. The lowest BCUT2D eigenvalue weighted by atomic mass is 9.75. The third-order valence-corrected chi connectivity index (χ3v) is 9.21. The van der Waals surface area contributed by atoms with Crippen LogP contribution in [0.2, 0.25) is 5.02 Å². The summed E-state index contributed by atoms with van der Waals surface area (Å²) < 4.78 is 17.1. The first-order chi connectivity index (χ1) is 18.4.